The van der Waals surface area contributed by atoms with Crippen molar-refractivity contribution < 1.29 is 13.9 Å². The van der Waals surface area contributed by atoms with Crippen LogP contribution >= 0.6 is 11.6 Å². The average Bonchev–Trinajstić information content (AvgIpc) is 2.85. The van der Waals surface area contributed by atoms with Crippen molar-refractivity contribution in [1.29, 1.82) is 0 Å². The van der Waals surface area contributed by atoms with Gasteiger partial charge in [0.25, 0.3) is 0 Å². The highest BCUT2D eigenvalue weighted by Crippen LogP contribution is 2.30. The van der Waals surface area contributed by atoms with Crippen molar-refractivity contribution in [3.63, 3.8) is 0 Å². The first kappa shape index (κ1) is 13.5. The highest BCUT2D eigenvalue weighted by Gasteiger charge is 2.22. The third kappa shape index (κ3) is 2.46. The first-order valence-electron chi connectivity index (χ1n) is 5.61. The fourth-order valence-electron chi connectivity index (χ4n) is 1.81. The van der Waals surface area contributed by atoms with Crippen molar-refractivity contribution in [2.75, 3.05) is 7.11 Å². The fourth-order valence-corrected chi connectivity index (χ4v) is 2.06. The predicted octanol–water partition coefficient (Wildman–Crippen LogP) is 3.08. The zero-order valence-electron chi connectivity index (χ0n) is 10.4. The van der Waals surface area contributed by atoms with Gasteiger partial charge in [0.1, 0.15) is 17.7 Å². The van der Waals surface area contributed by atoms with E-state index in [4.69, 9.17) is 11.6 Å². The summed E-state index contributed by atoms with van der Waals surface area (Å²) in [6, 6.07) is 3.77. The second kappa shape index (κ2) is 5.40. The molecular weight excluding hydrogens is 271 g/mol. The van der Waals surface area contributed by atoms with Crippen LogP contribution in [0.25, 0.3) is 11.4 Å². The van der Waals surface area contributed by atoms with Crippen molar-refractivity contribution in [3.05, 3.63) is 41.4 Å². The molecule has 1 heterocycles. The van der Waals surface area contributed by atoms with E-state index in [0.29, 0.717) is 5.82 Å². The van der Waals surface area contributed by atoms with Crippen molar-refractivity contribution in [1.82, 2.24) is 9.55 Å². The number of halogens is 2. The molecule has 2 aromatic rings. The Labute approximate surface area is 114 Å². The summed E-state index contributed by atoms with van der Waals surface area (Å²) in [4.78, 5) is 15.6. The van der Waals surface area contributed by atoms with Crippen LogP contribution in [0.3, 0.4) is 0 Å². The second-order valence-corrected chi connectivity index (χ2v) is 4.36. The van der Waals surface area contributed by atoms with Crippen LogP contribution in [0.5, 0.6) is 0 Å². The van der Waals surface area contributed by atoms with E-state index in [-0.39, 0.29) is 10.6 Å². The van der Waals surface area contributed by atoms with Crippen LogP contribution in [0.15, 0.2) is 30.6 Å². The van der Waals surface area contributed by atoms with Crippen molar-refractivity contribution >= 4 is 17.6 Å². The number of hydrogen-bond acceptors (Lipinski definition) is 3. The zero-order chi connectivity index (χ0) is 14.0. The molecule has 0 bridgehead atoms. The maximum Gasteiger partial charge on any atom is 0.328 e. The third-order valence-electron chi connectivity index (χ3n) is 2.81. The number of nitrogens with zero attached hydrogens (tertiary/aromatic N) is 2. The Bertz CT molecular complexity index is 592. The SMILES string of the molecule is COC(=O)C(C)n1ccnc1-c1c(F)cccc1Cl. The molecule has 0 radical (unpaired) electrons. The lowest BCUT2D eigenvalue weighted by atomic mass is 10.2. The number of esters is 1. The van der Waals surface area contributed by atoms with Crippen LogP contribution in [0.2, 0.25) is 5.02 Å². The first-order valence-corrected chi connectivity index (χ1v) is 5.99. The number of carbonyl (C=O) groups is 1. The number of carbonyl (C=O) groups excluding carboxylic acids is 1. The first-order chi connectivity index (χ1) is 9.06. The molecule has 0 saturated heterocycles. The van der Waals surface area contributed by atoms with Crippen LogP contribution in [-0.4, -0.2) is 22.6 Å². The van der Waals surface area contributed by atoms with E-state index in [1.165, 1.54) is 30.0 Å². The molecule has 1 atom stereocenters. The van der Waals surface area contributed by atoms with Gasteiger partial charge in [-0.15, -0.1) is 0 Å². The number of aromatic nitrogens is 2. The van der Waals surface area contributed by atoms with Gasteiger partial charge < -0.3 is 9.30 Å². The minimum absolute atomic E-state index is 0.171. The lowest BCUT2D eigenvalue weighted by molar-refractivity contribution is -0.143. The van der Waals surface area contributed by atoms with Gasteiger partial charge in [-0.25, -0.2) is 14.2 Å². The minimum atomic E-state index is -0.613. The molecule has 1 aromatic carbocycles. The molecule has 0 N–H and O–H groups in total. The van der Waals surface area contributed by atoms with Gasteiger partial charge in [0.15, 0.2) is 0 Å². The maximum atomic E-state index is 13.9. The largest absolute Gasteiger partial charge is 0.467 e. The van der Waals surface area contributed by atoms with Gasteiger partial charge in [0.05, 0.1) is 17.7 Å². The number of benzene rings is 1. The van der Waals surface area contributed by atoms with E-state index >= 15 is 0 Å². The molecule has 1 aromatic heterocycles. The Kier molecular flexibility index (Phi) is 3.85. The normalized spacial score (nSPS) is 12.2. The second-order valence-electron chi connectivity index (χ2n) is 3.95. The topological polar surface area (TPSA) is 44.1 Å². The Morgan fingerprint density at radius 3 is 2.89 bits per heavy atom. The van der Waals surface area contributed by atoms with Gasteiger partial charge in [0, 0.05) is 12.4 Å². The summed E-state index contributed by atoms with van der Waals surface area (Å²) < 4.78 is 20.1. The standard InChI is InChI=1S/C13H12ClFN2O2/c1-8(13(18)19-2)17-7-6-16-12(17)11-9(14)4-3-5-10(11)15/h3-8H,1-2H3. The Morgan fingerprint density at radius 1 is 1.53 bits per heavy atom. The highest BCUT2D eigenvalue weighted by atomic mass is 35.5. The smallest absolute Gasteiger partial charge is 0.328 e. The highest BCUT2D eigenvalue weighted by molar-refractivity contribution is 6.33. The average molecular weight is 283 g/mol. The zero-order valence-corrected chi connectivity index (χ0v) is 11.2. The van der Waals surface area contributed by atoms with Crippen LogP contribution in [0.4, 0.5) is 4.39 Å². The van der Waals surface area contributed by atoms with E-state index in [9.17, 15) is 9.18 Å². The van der Waals surface area contributed by atoms with Crippen molar-refractivity contribution in [2.24, 2.45) is 0 Å². The number of rotatable bonds is 3. The van der Waals surface area contributed by atoms with Gasteiger partial charge in [-0.2, -0.15) is 0 Å². The van der Waals surface area contributed by atoms with E-state index in [1.54, 1.807) is 19.2 Å². The predicted molar refractivity (Wildman–Crippen MR) is 69.4 cm³/mol. The lowest BCUT2D eigenvalue weighted by Crippen LogP contribution is -2.18. The summed E-state index contributed by atoms with van der Waals surface area (Å²) in [5, 5.41) is 0.240. The number of imidazole rings is 1. The molecule has 6 heteroatoms. The number of hydrogen-bond donors (Lipinski definition) is 0. The van der Waals surface area contributed by atoms with E-state index in [2.05, 4.69) is 9.72 Å². The summed E-state index contributed by atoms with van der Waals surface area (Å²) in [7, 11) is 1.30. The van der Waals surface area contributed by atoms with E-state index in [0.717, 1.165) is 0 Å². The Morgan fingerprint density at radius 2 is 2.26 bits per heavy atom. The summed E-state index contributed by atoms with van der Waals surface area (Å²) in [6.07, 6.45) is 3.07. The molecule has 0 amide bonds. The molecular formula is C13H12ClFN2O2. The minimum Gasteiger partial charge on any atom is -0.467 e. The summed E-state index contributed by atoms with van der Waals surface area (Å²) >= 11 is 6.00. The molecule has 0 aliphatic carbocycles. The van der Waals surface area contributed by atoms with Crippen LogP contribution in [0.1, 0.15) is 13.0 Å². The molecule has 0 aliphatic rings. The van der Waals surface area contributed by atoms with Gasteiger partial charge in [-0.05, 0) is 19.1 Å². The number of ether oxygens (including phenoxy) is 1. The molecule has 4 nitrogen and oxygen atoms in total. The molecule has 19 heavy (non-hydrogen) atoms. The van der Waals surface area contributed by atoms with Gasteiger partial charge in [0.2, 0.25) is 0 Å². The molecule has 0 spiro atoms. The van der Waals surface area contributed by atoms with Crippen molar-refractivity contribution in [2.45, 2.75) is 13.0 Å². The van der Waals surface area contributed by atoms with Crippen LogP contribution in [0, 0.1) is 5.82 Å². The van der Waals surface area contributed by atoms with E-state index in [1.807, 2.05) is 0 Å². The van der Waals surface area contributed by atoms with Gasteiger partial charge >= 0.3 is 5.97 Å². The maximum absolute atomic E-state index is 13.9. The molecule has 1 unspecified atom stereocenters. The fraction of sp³-hybridized carbons (Fsp3) is 0.231. The summed E-state index contributed by atoms with van der Waals surface area (Å²) in [6.45, 7) is 1.64. The molecule has 0 saturated carbocycles. The lowest BCUT2D eigenvalue weighted by Gasteiger charge is -2.15. The molecule has 2 rings (SSSR count). The summed E-state index contributed by atoms with van der Waals surface area (Å²) in [5.74, 6) is -0.635. The van der Waals surface area contributed by atoms with Crippen molar-refractivity contribution in [3.8, 4) is 11.4 Å². The summed E-state index contributed by atoms with van der Waals surface area (Å²) in [5.41, 5.74) is 0.171. The van der Waals surface area contributed by atoms with E-state index < -0.39 is 17.8 Å². The van der Waals surface area contributed by atoms with Gasteiger partial charge in [-0.3, -0.25) is 0 Å². The van der Waals surface area contributed by atoms with Gasteiger partial charge in [-0.1, -0.05) is 17.7 Å². The monoisotopic (exact) mass is 282 g/mol. The molecule has 0 fully saturated rings. The van der Waals surface area contributed by atoms with Crippen LogP contribution in [-0.2, 0) is 9.53 Å². The quantitative estimate of drug-likeness (QED) is 0.813. The number of methoxy groups -OCH3 is 1. The van der Waals surface area contributed by atoms with Crippen LogP contribution < -0.4 is 0 Å². The Hall–Kier alpha value is -1.88. The molecule has 100 valence electrons. The third-order valence-corrected chi connectivity index (χ3v) is 3.13. The Balaban J connectivity index is 2.54. The molecule has 0 aliphatic heterocycles.